The Kier molecular flexibility index (Phi) is 5.65. The number of carbonyl (C=O) groups is 1. The summed E-state index contributed by atoms with van der Waals surface area (Å²) in [5, 5.41) is 0. The van der Waals surface area contributed by atoms with Crippen LogP contribution in [0, 0.1) is 11.6 Å². The van der Waals surface area contributed by atoms with Gasteiger partial charge in [0.1, 0.15) is 28.7 Å². The highest BCUT2D eigenvalue weighted by atomic mass is 19.1. The molecular formula is C26H23F2N3O3. The van der Waals surface area contributed by atoms with Crippen LogP contribution in [0.25, 0.3) is 0 Å². The number of amidine groups is 1. The number of methoxy groups -OCH3 is 1. The van der Waals surface area contributed by atoms with Crippen LogP contribution in [0.15, 0.2) is 65.7 Å². The normalized spacial score (nSPS) is 17.2. The predicted octanol–water partition coefficient (Wildman–Crippen LogP) is 5.00. The standard InChI is InChI=1S/C26H23F2N3O3/c1-16-15-30(13-14-31(16)26(32)23-18(27)8-6-9-19(23)28)25-17-7-5-12-22(33-2)24(17)34-21-11-4-3-10-20(21)29-25/h3-12,16H,13-15H2,1-2H3. The highest BCUT2D eigenvalue weighted by Gasteiger charge is 2.34. The molecular weight excluding hydrogens is 440 g/mol. The zero-order chi connectivity index (χ0) is 23.8. The van der Waals surface area contributed by atoms with E-state index < -0.39 is 23.1 Å². The van der Waals surface area contributed by atoms with Crippen LogP contribution >= 0.6 is 0 Å². The molecule has 0 bridgehead atoms. The van der Waals surface area contributed by atoms with Crippen molar-refractivity contribution in [2.24, 2.45) is 4.99 Å². The third-order valence-corrected chi connectivity index (χ3v) is 6.11. The number of hydrogen-bond acceptors (Lipinski definition) is 5. The van der Waals surface area contributed by atoms with Gasteiger partial charge in [-0.2, -0.15) is 0 Å². The molecule has 1 saturated heterocycles. The van der Waals surface area contributed by atoms with Crippen LogP contribution in [0.4, 0.5) is 14.5 Å². The lowest BCUT2D eigenvalue weighted by Gasteiger charge is -2.41. The van der Waals surface area contributed by atoms with Gasteiger partial charge in [-0.25, -0.2) is 13.8 Å². The van der Waals surface area contributed by atoms with Crippen LogP contribution in [0.2, 0.25) is 0 Å². The van der Waals surface area contributed by atoms with Gasteiger partial charge in [-0.05, 0) is 43.3 Å². The number of benzene rings is 3. The third kappa shape index (κ3) is 3.75. The molecule has 1 fully saturated rings. The molecule has 0 aromatic heterocycles. The number of hydrogen-bond donors (Lipinski definition) is 0. The molecule has 8 heteroatoms. The van der Waals surface area contributed by atoms with Gasteiger partial charge in [0.2, 0.25) is 0 Å². The minimum absolute atomic E-state index is 0.286. The first kappa shape index (κ1) is 21.9. The van der Waals surface area contributed by atoms with Gasteiger partial charge in [-0.1, -0.05) is 24.3 Å². The second-order valence-electron chi connectivity index (χ2n) is 8.23. The molecule has 0 radical (unpaired) electrons. The molecule has 1 amide bonds. The number of para-hydroxylation sites is 3. The molecule has 174 valence electrons. The molecule has 6 nitrogen and oxygen atoms in total. The Morgan fingerprint density at radius 1 is 1.03 bits per heavy atom. The van der Waals surface area contributed by atoms with Crippen molar-refractivity contribution in [2.75, 3.05) is 26.7 Å². The van der Waals surface area contributed by atoms with E-state index in [0.717, 1.165) is 17.7 Å². The number of carbonyl (C=O) groups excluding carboxylic acids is 1. The lowest BCUT2D eigenvalue weighted by atomic mass is 10.1. The van der Waals surface area contributed by atoms with Crippen molar-refractivity contribution >= 4 is 17.4 Å². The van der Waals surface area contributed by atoms with Crippen LogP contribution < -0.4 is 9.47 Å². The molecule has 2 heterocycles. The molecule has 0 spiro atoms. The summed E-state index contributed by atoms with van der Waals surface area (Å²) in [6.45, 7) is 3.01. The lowest BCUT2D eigenvalue weighted by molar-refractivity contribution is 0.0571. The fourth-order valence-corrected chi connectivity index (χ4v) is 4.42. The van der Waals surface area contributed by atoms with Crippen molar-refractivity contribution in [2.45, 2.75) is 13.0 Å². The maximum atomic E-state index is 14.2. The summed E-state index contributed by atoms with van der Waals surface area (Å²) < 4.78 is 40.2. The summed E-state index contributed by atoms with van der Waals surface area (Å²) in [5.74, 6) is 0.0773. The maximum absolute atomic E-state index is 14.2. The zero-order valence-electron chi connectivity index (χ0n) is 18.8. The molecule has 3 aromatic rings. The Morgan fingerprint density at radius 2 is 1.76 bits per heavy atom. The second-order valence-corrected chi connectivity index (χ2v) is 8.23. The van der Waals surface area contributed by atoms with E-state index in [1.54, 1.807) is 7.11 Å². The number of nitrogens with zero attached hydrogens (tertiary/aromatic N) is 3. The molecule has 0 aliphatic carbocycles. The SMILES string of the molecule is COc1cccc2c1Oc1ccccc1N=C2N1CCN(C(=O)c2c(F)cccc2F)C(C)C1. The topological polar surface area (TPSA) is 54.4 Å². The summed E-state index contributed by atoms with van der Waals surface area (Å²) in [7, 11) is 1.58. The van der Waals surface area contributed by atoms with E-state index in [0.29, 0.717) is 41.9 Å². The van der Waals surface area contributed by atoms with E-state index in [-0.39, 0.29) is 12.6 Å². The van der Waals surface area contributed by atoms with Crippen molar-refractivity contribution in [1.29, 1.82) is 0 Å². The van der Waals surface area contributed by atoms with Crippen molar-refractivity contribution in [3.05, 3.63) is 83.4 Å². The predicted molar refractivity (Wildman–Crippen MR) is 124 cm³/mol. The molecule has 34 heavy (non-hydrogen) atoms. The largest absolute Gasteiger partial charge is 0.493 e. The first-order valence-corrected chi connectivity index (χ1v) is 11.0. The monoisotopic (exact) mass is 463 g/mol. The number of ether oxygens (including phenoxy) is 2. The minimum atomic E-state index is -0.859. The van der Waals surface area contributed by atoms with Crippen LogP contribution in [0.3, 0.4) is 0 Å². The van der Waals surface area contributed by atoms with E-state index >= 15 is 0 Å². The highest BCUT2D eigenvalue weighted by Crippen LogP contribution is 2.42. The minimum Gasteiger partial charge on any atom is -0.493 e. The molecule has 2 aliphatic heterocycles. The quantitative estimate of drug-likeness (QED) is 0.537. The van der Waals surface area contributed by atoms with Gasteiger partial charge in [0.15, 0.2) is 17.2 Å². The van der Waals surface area contributed by atoms with Gasteiger partial charge < -0.3 is 19.3 Å². The number of aliphatic imine (C=N–C) groups is 1. The number of fused-ring (bicyclic) bond motifs is 2. The fraction of sp³-hybridized carbons (Fsp3) is 0.231. The van der Waals surface area contributed by atoms with Crippen molar-refractivity contribution in [1.82, 2.24) is 9.80 Å². The summed E-state index contributed by atoms with van der Waals surface area (Å²) in [5.41, 5.74) is 0.921. The molecule has 0 saturated carbocycles. The lowest BCUT2D eigenvalue weighted by Crippen LogP contribution is -2.55. The Morgan fingerprint density at radius 3 is 2.50 bits per heavy atom. The second kappa shape index (κ2) is 8.78. The Bertz CT molecular complexity index is 1270. The van der Waals surface area contributed by atoms with Crippen LogP contribution in [-0.4, -0.2) is 54.3 Å². The van der Waals surface area contributed by atoms with Gasteiger partial charge in [-0.3, -0.25) is 4.79 Å². The zero-order valence-corrected chi connectivity index (χ0v) is 18.8. The van der Waals surface area contributed by atoms with Gasteiger partial charge in [0, 0.05) is 25.7 Å². The molecule has 1 atom stereocenters. The highest BCUT2D eigenvalue weighted by molar-refractivity contribution is 6.04. The third-order valence-electron chi connectivity index (χ3n) is 6.11. The smallest absolute Gasteiger partial charge is 0.260 e. The number of piperazine rings is 1. The first-order valence-electron chi connectivity index (χ1n) is 11.0. The summed E-state index contributed by atoms with van der Waals surface area (Å²) in [6.07, 6.45) is 0. The number of halogens is 2. The number of rotatable bonds is 2. The summed E-state index contributed by atoms with van der Waals surface area (Å²) in [4.78, 5) is 21.5. The number of amides is 1. The molecule has 1 unspecified atom stereocenters. The molecule has 5 rings (SSSR count). The molecule has 3 aromatic carbocycles. The Balaban J connectivity index is 1.48. The van der Waals surface area contributed by atoms with E-state index in [1.165, 1.54) is 11.0 Å². The first-order chi connectivity index (χ1) is 16.5. The summed E-state index contributed by atoms with van der Waals surface area (Å²) >= 11 is 0. The molecule has 0 N–H and O–H groups in total. The van der Waals surface area contributed by atoms with E-state index in [9.17, 15) is 13.6 Å². The van der Waals surface area contributed by atoms with E-state index in [1.807, 2.05) is 49.4 Å². The van der Waals surface area contributed by atoms with E-state index in [2.05, 4.69) is 4.90 Å². The van der Waals surface area contributed by atoms with Crippen molar-refractivity contribution in [3.8, 4) is 17.2 Å². The molecule has 2 aliphatic rings. The summed E-state index contributed by atoms with van der Waals surface area (Å²) in [6, 6.07) is 16.2. The maximum Gasteiger partial charge on any atom is 0.260 e. The van der Waals surface area contributed by atoms with Crippen molar-refractivity contribution in [3.63, 3.8) is 0 Å². The fourth-order valence-electron chi connectivity index (χ4n) is 4.42. The van der Waals surface area contributed by atoms with Gasteiger partial charge in [-0.15, -0.1) is 0 Å². The van der Waals surface area contributed by atoms with Gasteiger partial charge in [0.05, 0.1) is 12.7 Å². The van der Waals surface area contributed by atoms with E-state index in [4.69, 9.17) is 14.5 Å². The van der Waals surface area contributed by atoms with Crippen molar-refractivity contribution < 1.29 is 23.0 Å². The van der Waals surface area contributed by atoms with Gasteiger partial charge in [0.25, 0.3) is 5.91 Å². The van der Waals surface area contributed by atoms with Crippen LogP contribution in [0.1, 0.15) is 22.8 Å². The Hall–Kier alpha value is -3.94. The van der Waals surface area contributed by atoms with Crippen LogP contribution in [-0.2, 0) is 0 Å². The van der Waals surface area contributed by atoms with Gasteiger partial charge >= 0.3 is 0 Å². The average molecular weight is 463 g/mol. The Labute approximate surface area is 196 Å². The average Bonchev–Trinajstić information content (AvgIpc) is 3.00. The van der Waals surface area contributed by atoms with Crippen LogP contribution in [0.5, 0.6) is 17.2 Å².